The molecule has 1 spiro atoms. The third-order valence-electron chi connectivity index (χ3n) is 9.19. The second-order valence-corrected chi connectivity index (χ2v) is 11.5. The zero-order chi connectivity index (χ0) is 32.2. The molecule has 46 heavy (non-hydrogen) atoms. The first-order valence-corrected chi connectivity index (χ1v) is 14.8. The van der Waals surface area contributed by atoms with Crippen molar-refractivity contribution in [3.05, 3.63) is 125 Å². The summed E-state index contributed by atoms with van der Waals surface area (Å²) in [5.74, 6) is -1.83. The molecule has 3 heterocycles. The van der Waals surface area contributed by atoms with Crippen molar-refractivity contribution in [2.75, 3.05) is 19.5 Å². The van der Waals surface area contributed by atoms with Crippen LogP contribution in [-0.4, -0.2) is 48.6 Å². The summed E-state index contributed by atoms with van der Waals surface area (Å²) in [6, 6.07) is 24.4. The highest BCUT2D eigenvalue weighted by atomic mass is 16.5. The van der Waals surface area contributed by atoms with Gasteiger partial charge in [-0.25, -0.2) is 0 Å². The maximum atomic E-state index is 15.2. The Hall–Kier alpha value is -5.70. The van der Waals surface area contributed by atoms with E-state index in [1.54, 1.807) is 30.3 Å². The van der Waals surface area contributed by atoms with E-state index in [-0.39, 0.29) is 23.0 Å². The normalized spacial score (nSPS) is 22.0. The number of fused-ring (bicyclic) bond motifs is 6. The van der Waals surface area contributed by atoms with E-state index in [0.717, 1.165) is 11.1 Å². The lowest BCUT2D eigenvalue weighted by molar-refractivity contribution is -0.131. The van der Waals surface area contributed by atoms with Gasteiger partial charge in [0.2, 0.25) is 5.91 Å². The molecule has 1 amide bonds. The number of hydrogen-bond donors (Lipinski definition) is 1. The number of nitrogens with zero attached hydrogens (tertiary/aromatic N) is 1. The van der Waals surface area contributed by atoms with Gasteiger partial charge in [0.05, 0.1) is 31.7 Å². The van der Waals surface area contributed by atoms with Crippen molar-refractivity contribution in [2.45, 2.75) is 24.4 Å². The highest BCUT2D eigenvalue weighted by Gasteiger charge is 2.71. The van der Waals surface area contributed by atoms with E-state index in [1.807, 2.05) is 65.7 Å². The summed E-state index contributed by atoms with van der Waals surface area (Å²) in [5.41, 5.74) is 1.95. The SMILES string of the molecule is COc1ccc(OC)c(C(=O)[C@@H]2[C@H](C(=O)c3ccc(OC(C)=O)cc3)N3C=Cc4ccccc4[C@H]3[C@]23C(=O)Nc2ccccc23)c1. The van der Waals surface area contributed by atoms with Gasteiger partial charge < -0.3 is 24.4 Å². The predicted octanol–water partition coefficient (Wildman–Crippen LogP) is 5.61. The van der Waals surface area contributed by atoms with Crippen LogP contribution in [0.25, 0.3) is 6.08 Å². The van der Waals surface area contributed by atoms with E-state index in [1.165, 1.54) is 33.3 Å². The topological polar surface area (TPSA) is 111 Å². The van der Waals surface area contributed by atoms with Crippen molar-refractivity contribution < 1.29 is 33.4 Å². The number of ether oxygens (including phenoxy) is 3. The summed E-state index contributed by atoms with van der Waals surface area (Å²) < 4.78 is 16.3. The Morgan fingerprint density at radius 1 is 0.826 bits per heavy atom. The lowest BCUT2D eigenvalue weighted by Gasteiger charge is -2.38. The molecule has 4 aromatic rings. The van der Waals surface area contributed by atoms with Crippen molar-refractivity contribution >= 4 is 35.2 Å². The second-order valence-electron chi connectivity index (χ2n) is 11.5. The van der Waals surface area contributed by atoms with Crippen LogP contribution in [0.5, 0.6) is 17.2 Å². The smallest absolute Gasteiger partial charge is 0.308 e. The van der Waals surface area contributed by atoms with Crippen LogP contribution in [0.1, 0.15) is 50.4 Å². The number of para-hydroxylation sites is 1. The molecule has 3 aliphatic heterocycles. The summed E-state index contributed by atoms with van der Waals surface area (Å²) >= 11 is 0. The third kappa shape index (κ3) is 4.23. The lowest BCUT2D eigenvalue weighted by Crippen LogP contribution is -2.49. The Bertz CT molecular complexity index is 1950. The fourth-order valence-corrected chi connectivity index (χ4v) is 7.37. The van der Waals surface area contributed by atoms with Gasteiger partial charge in [0.1, 0.15) is 28.7 Å². The van der Waals surface area contributed by atoms with Gasteiger partial charge in [0.15, 0.2) is 11.6 Å². The molecular weight excluding hydrogens is 584 g/mol. The van der Waals surface area contributed by atoms with Gasteiger partial charge in [-0.3, -0.25) is 19.2 Å². The zero-order valence-corrected chi connectivity index (χ0v) is 25.4. The minimum atomic E-state index is -1.50. The molecule has 1 N–H and O–H groups in total. The van der Waals surface area contributed by atoms with Gasteiger partial charge in [-0.1, -0.05) is 42.5 Å². The molecule has 0 radical (unpaired) electrons. The van der Waals surface area contributed by atoms with E-state index in [4.69, 9.17) is 14.2 Å². The van der Waals surface area contributed by atoms with E-state index in [0.29, 0.717) is 28.3 Å². The minimum absolute atomic E-state index is 0.198. The summed E-state index contributed by atoms with van der Waals surface area (Å²) in [6.45, 7) is 1.30. The first-order chi connectivity index (χ1) is 22.3. The van der Waals surface area contributed by atoms with Gasteiger partial charge in [0, 0.05) is 24.4 Å². The number of nitrogens with one attached hydrogen (secondary N) is 1. The highest BCUT2D eigenvalue weighted by molar-refractivity contribution is 6.17. The Morgan fingerprint density at radius 2 is 1.54 bits per heavy atom. The van der Waals surface area contributed by atoms with Gasteiger partial charge in [-0.15, -0.1) is 0 Å². The highest BCUT2D eigenvalue weighted by Crippen LogP contribution is 2.62. The van der Waals surface area contributed by atoms with Crippen molar-refractivity contribution in [2.24, 2.45) is 5.92 Å². The fourth-order valence-electron chi connectivity index (χ4n) is 7.37. The van der Waals surface area contributed by atoms with E-state index >= 15 is 4.79 Å². The first kappa shape index (κ1) is 29.0. The summed E-state index contributed by atoms with van der Waals surface area (Å²) in [5, 5.41) is 3.05. The molecule has 7 rings (SSSR count). The average molecular weight is 615 g/mol. The number of carbonyl (C=O) groups is 4. The van der Waals surface area contributed by atoms with Crippen LogP contribution in [0.2, 0.25) is 0 Å². The molecule has 9 heteroatoms. The monoisotopic (exact) mass is 614 g/mol. The Labute approximate surface area is 265 Å². The maximum absolute atomic E-state index is 15.2. The number of Topliss-reactive ketones (excluding diaryl/α,β-unsaturated/α-hetero) is 2. The molecule has 0 saturated carbocycles. The summed E-state index contributed by atoms with van der Waals surface area (Å²) in [7, 11) is 2.97. The first-order valence-electron chi connectivity index (χ1n) is 14.8. The van der Waals surface area contributed by atoms with Crippen molar-refractivity contribution in [3.63, 3.8) is 0 Å². The number of amides is 1. The van der Waals surface area contributed by atoms with Crippen LogP contribution in [-0.2, 0) is 15.0 Å². The molecular formula is C37H30N2O7. The summed E-state index contributed by atoms with van der Waals surface area (Å²) in [4.78, 5) is 58.1. The standard InChI is InChI=1S/C37H30N2O7/c1-21(40)46-24-14-12-23(13-15-24)33(41)32-31(34(42)27-20-25(44-2)16-17-30(27)45-3)37(28-10-6-7-11-29(28)38-36(37)43)35-26-9-5-4-8-22(26)18-19-39(32)35/h4-20,31-32,35H,1-3H3,(H,38,43)/t31-,32+,35-,37+/m0/s1. The molecule has 1 saturated heterocycles. The van der Waals surface area contributed by atoms with Gasteiger partial charge >= 0.3 is 5.97 Å². The number of methoxy groups -OCH3 is 2. The van der Waals surface area contributed by atoms with Crippen molar-refractivity contribution in [1.29, 1.82) is 0 Å². The number of carbonyl (C=O) groups excluding carboxylic acids is 4. The maximum Gasteiger partial charge on any atom is 0.308 e. The molecule has 230 valence electrons. The molecule has 1 fully saturated rings. The van der Waals surface area contributed by atoms with Crippen LogP contribution in [0, 0.1) is 5.92 Å². The molecule has 0 aromatic heterocycles. The third-order valence-corrected chi connectivity index (χ3v) is 9.19. The molecule has 4 aromatic carbocycles. The molecule has 9 nitrogen and oxygen atoms in total. The number of anilines is 1. The van der Waals surface area contributed by atoms with E-state index in [2.05, 4.69) is 5.32 Å². The number of ketones is 2. The quantitative estimate of drug-likeness (QED) is 0.163. The minimum Gasteiger partial charge on any atom is -0.497 e. The van der Waals surface area contributed by atoms with Gasteiger partial charge in [-0.2, -0.15) is 0 Å². The van der Waals surface area contributed by atoms with Crippen LogP contribution in [0.3, 0.4) is 0 Å². The second kappa shape index (κ2) is 11.0. The number of esters is 1. The molecule has 0 bridgehead atoms. The predicted molar refractivity (Wildman–Crippen MR) is 170 cm³/mol. The molecule has 3 aliphatic rings. The summed E-state index contributed by atoms with van der Waals surface area (Å²) in [6.07, 6.45) is 3.72. The van der Waals surface area contributed by atoms with Crippen LogP contribution >= 0.6 is 0 Å². The van der Waals surface area contributed by atoms with Crippen LogP contribution in [0.15, 0.2) is 97.2 Å². The van der Waals surface area contributed by atoms with Gasteiger partial charge in [-0.05, 0) is 71.3 Å². The Kier molecular flexibility index (Phi) is 6.96. The van der Waals surface area contributed by atoms with Gasteiger partial charge in [0.25, 0.3) is 0 Å². The molecule has 0 aliphatic carbocycles. The van der Waals surface area contributed by atoms with E-state index in [9.17, 15) is 14.4 Å². The largest absolute Gasteiger partial charge is 0.497 e. The lowest BCUT2D eigenvalue weighted by atomic mass is 9.62. The number of hydrogen-bond acceptors (Lipinski definition) is 8. The van der Waals surface area contributed by atoms with Crippen molar-refractivity contribution in [1.82, 2.24) is 4.90 Å². The van der Waals surface area contributed by atoms with Crippen LogP contribution in [0.4, 0.5) is 5.69 Å². The Balaban J connectivity index is 1.50. The zero-order valence-electron chi connectivity index (χ0n) is 25.4. The number of rotatable bonds is 7. The van der Waals surface area contributed by atoms with E-state index < -0.39 is 35.2 Å². The Morgan fingerprint density at radius 3 is 2.28 bits per heavy atom. The fraction of sp³-hybridized carbons (Fsp3) is 0.189. The molecule has 4 atom stereocenters. The molecule has 0 unspecified atom stereocenters. The average Bonchev–Trinajstić information content (AvgIpc) is 3.55. The van der Waals surface area contributed by atoms with Crippen LogP contribution < -0.4 is 19.5 Å². The van der Waals surface area contributed by atoms with Crippen molar-refractivity contribution in [3.8, 4) is 17.2 Å². The number of benzene rings is 4.